The van der Waals surface area contributed by atoms with Gasteiger partial charge in [-0.3, -0.25) is 13.9 Å². The predicted octanol–water partition coefficient (Wildman–Crippen LogP) is 5.28. The number of nitrogens with one attached hydrogen (secondary N) is 1. The minimum absolute atomic E-state index is 0.0163. The summed E-state index contributed by atoms with van der Waals surface area (Å²) in [4.78, 5) is 28.7. The van der Waals surface area contributed by atoms with Crippen LogP contribution in [0.15, 0.2) is 71.6 Å². The number of carbonyl (C=O) groups is 2. The Balaban J connectivity index is 2.09. The number of rotatable bonds is 12. The molecule has 0 aliphatic heterocycles. The van der Waals surface area contributed by atoms with Crippen LogP contribution >= 0.6 is 0 Å². The van der Waals surface area contributed by atoms with Crippen molar-refractivity contribution in [3.05, 3.63) is 94.8 Å². The molecule has 0 saturated heterocycles. The van der Waals surface area contributed by atoms with E-state index < -0.39 is 34.3 Å². The molecule has 0 heterocycles. The van der Waals surface area contributed by atoms with Gasteiger partial charge in [0.1, 0.15) is 18.4 Å². The number of hydrogen-bond acceptors (Lipinski definition) is 4. The standard InChI is InChI=1S/C31H38FN3O4S/c1-6-19-33-31(37)28(7-2)34(20-25-13-15-26(32)16-14-25)30(36)21-35(29-10-8-9-23(4)24(29)5)40(38,39)27-17-11-22(3)12-18-27/h8-18,28H,6-7,19-21H2,1-5H3,(H,33,37)/t28-/m0/s1. The fraction of sp³-hybridized carbons (Fsp3) is 0.355. The topological polar surface area (TPSA) is 86.8 Å². The Kier molecular flexibility index (Phi) is 10.5. The van der Waals surface area contributed by atoms with Gasteiger partial charge in [0.25, 0.3) is 10.0 Å². The molecule has 0 spiro atoms. The van der Waals surface area contributed by atoms with Crippen LogP contribution in [0.1, 0.15) is 48.9 Å². The summed E-state index contributed by atoms with van der Waals surface area (Å²) in [5.41, 5.74) is 3.52. The van der Waals surface area contributed by atoms with E-state index in [2.05, 4.69) is 5.32 Å². The normalized spacial score (nSPS) is 12.1. The molecule has 2 amide bonds. The predicted molar refractivity (Wildman–Crippen MR) is 156 cm³/mol. The molecule has 3 aromatic rings. The summed E-state index contributed by atoms with van der Waals surface area (Å²) in [5.74, 6) is -1.28. The van der Waals surface area contributed by atoms with Gasteiger partial charge in [-0.15, -0.1) is 0 Å². The van der Waals surface area contributed by atoms with Crippen LogP contribution < -0.4 is 9.62 Å². The summed E-state index contributed by atoms with van der Waals surface area (Å²) in [6, 6.07) is 16.6. The highest BCUT2D eigenvalue weighted by molar-refractivity contribution is 7.92. The van der Waals surface area contributed by atoms with Crippen molar-refractivity contribution in [3.63, 3.8) is 0 Å². The van der Waals surface area contributed by atoms with E-state index in [4.69, 9.17) is 0 Å². The molecule has 0 saturated carbocycles. The number of nitrogens with zero attached hydrogens (tertiary/aromatic N) is 2. The van der Waals surface area contributed by atoms with Gasteiger partial charge in [-0.05, 0) is 80.6 Å². The van der Waals surface area contributed by atoms with Crippen molar-refractivity contribution in [2.45, 2.75) is 64.9 Å². The maximum atomic E-state index is 14.1. The van der Waals surface area contributed by atoms with Crippen LogP contribution in [0.25, 0.3) is 0 Å². The van der Waals surface area contributed by atoms with Gasteiger partial charge < -0.3 is 10.2 Å². The van der Waals surface area contributed by atoms with Gasteiger partial charge in [0.15, 0.2) is 0 Å². The lowest BCUT2D eigenvalue weighted by Crippen LogP contribution is -2.52. The molecule has 0 unspecified atom stereocenters. The van der Waals surface area contributed by atoms with Gasteiger partial charge >= 0.3 is 0 Å². The summed E-state index contributed by atoms with van der Waals surface area (Å²) < 4.78 is 42.7. The monoisotopic (exact) mass is 567 g/mol. The zero-order valence-corrected chi connectivity index (χ0v) is 24.6. The maximum absolute atomic E-state index is 14.1. The van der Waals surface area contributed by atoms with Gasteiger partial charge in [0, 0.05) is 13.1 Å². The molecule has 0 fully saturated rings. The zero-order chi connectivity index (χ0) is 29.4. The van der Waals surface area contributed by atoms with Gasteiger partial charge in [-0.25, -0.2) is 12.8 Å². The number of benzene rings is 3. The van der Waals surface area contributed by atoms with Crippen LogP contribution in [-0.2, 0) is 26.2 Å². The molecule has 1 N–H and O–H groups in total. The molecule has 9 heteroatoms. The second-order valence-corrected chi connectivity index (χ2v) is 11.8. The lowest BCUT2D eigenvalue weighted by Gasteiger charge is -2.33. The fourth-order valence-electron chi connectivity index (χ4n) is 4.43. The third-order valence-corrected chi connectivity index (χ3v) is 8.71. The molecule has 1 atom stereocenters. The summed E-state index contributed by atoms with van der Waals surface area (Å²) in [5, 5.41) is 2.85. The van der Waals surface area contributed by atoms with Gasteiger partial charge in [-0.2, -0.15) is 0 Å². The van der Waals surface area contributed by atoms with E-state index in [1.54, 1.807) is 43.3 Å². The minimum atomic E-state index is -4.15. The SMILES string of the molecule is CCCNC(=O)[C@H](CC)N(Cc1ccc(F)cc1)C(=O)CN(c1cccc(C)c1C)S(=O)(=O)c1ccc(C)cc1. The molecular formula is C31H38FN3O4S. The second-order valence-electron chi connectivity index (χ2n) is 9.91. The molecule has 0 aliphatic rings. The highest BCUT2D eigenvalue weighted by Gasteiger charge is 2.34. The molecular weight excluding hydrogens is 529 g/mol. The molecule has 40 heavy (non-hydrogen) atoms. The van der Waals surface area contributed by atoms with Crippen LogP contribution in [0.4, 0.5) is 10.1 Å². The zero-order valence-electron chi connectivity index (χ0n) is 23.8. The lowest BCUT2D eigenvalue weighted by atomic mass is 10.1. The largest absolute Gasteiger partial charge is 0.354 e. The van der Waals surface area contributed by atoms with Crippen molar-refractivity contribution < 1.29 is 22.4 Å². The first kappa shape index (κ1) is 30.8. The van der Waals surface area contributed by atoms with Crippen LogP contribution in [0.3, 0.4) is 0 Å². The number of carbonyl (C=O) groups excluding carboxylic acids is 2. The van der Waals surface area contributed by atoms with Gasteiger partial charge in [0.2, 0.25) is 11.8 Å². The van der Waals surface area contributed by atoms with Crippen molar-refractivity contribution in [2.24, 2.45) is 0 Å². The van der Waals surface area contributed by atoms with E-state index in [-0.39, 0.29) is 17.3 Å². The summed E-state index contributed by atoms with van der Waals surface area (Å²) in [6.45, 7) is 9.24. The second kappa shape index (κ2) is 13.6. The van der Waals surface area contributed by atoms with E-state index in [1.807, 2.05) is 33.8 Å². The Morgan fingerprint density at radius 1 is 0.925 bits per heavy atom. The highest BCUT2D eigenvalue weighted by Crippen LogP contribution is 2.29. The van der Waals surface area contributed by atoms with E-state index in [0.29, 0.717) is 24.2 Å². The Labute approximate surface area is 237 Å². The van der Waals surface area contributed by atoms with E-state index in [1.165, 1.54) is 29.2 Å². The van der Waals surface area contributed by atoms with Crippen molar-refractivity contribution in [2.75, 3.05) is 17.4 Å². The molecule has 214 valence electrons. The first-order valence-corrected chi connectivity index (χ1v) is 14.9. The van der Waals surface area contributed by atoms with E-state index in [0.717, 1.165) is 27.4 Å². The van der Waals surface area contributed by atoms with Crippen LogP contribution in [0, 0.1) is 26.6 Å². The van der Waals surface area contributed by atoms with Crippen LogP contribution in [0.2, 0.25) is 0 Å². The Bertz CT molecular complexity index is 1420. The number of anilines is 1. The van der Waals surface area contributed by atoms with Crippen molar-refractivity contribution in [1.82, 2.24) is 10.2 Å². The quantitative estimate of drug-likeness (QED) is 0.323. The van der Waals surface area contributed by atoms with Crippen LogP contribution in [-0.4, -0.2) is 44.3 Å². The van der Waals surface area contributed by atoms with Crippen molar-refractivity contribution in [1.29, 1.82) is 0 Å². The lowest BCUT2D eigenvalue weighted by molar-refractivity contribution is -0.140. The third-order valence-electron chi connectivity index (χ3n) is 6.93. The van der Waals surface area contributed by atoms with E-state index in [9.17, 15) is 22.4 Å². The first-order valence-electron chi connectivity index (χ1n) is 13.5. The third kappa shape index (κ3) is 7.27. The number of aryl methyl sites for hydroxylation is 2. The van der Waals surface area contributed by atoms with Crippen molar-refractivity contribution >= 4 is 27.5 Å². The number of halogens is 1. The average Bonchev–Trinajstić information content (AvgIpc) is 2.93. The average molecular weight is 568 g/mol. The number of amides is 2. The summed E-state index contributed by atoms with van der Waals surface area (Å²) >= 11 is 0. The molecule has 7 nitrogen and oxygen atoms in total. The van der Waals surface area contributed by atoms with Gasteiger partial charge in [-0.1, -0.05) is 55.8 Å². The maximum Gasteiger partial charge on any atom is 0.264 e. The molecule has 0 aliphatic carbocycles. The molecule has 3 aromatic carbocycles. The highest BCUT2D eigenvalue weighted by atomic mass is 32.2. The van der Waals surface area contributed by atoms with Crippen molar-refractivity contribution in [3.8, 4) is 0 Å². The smallest absolute Gasteiger partial charge is 0.264 e. The van der Waals surface area contributed by atoms with Crippen LogP contribution in [0.5, 0.6) is 0 Å². The molecule has 0 aromatic heterocycles. The summed E-state index contributed by atoms with van der Waals surface area (Å²) in [7, 11) is -4.15. The number of sulfonamides is 1. The molecule has 3 rings (SSSR count). The Morgan fingerprint density at radius 3 is 2.17 bits per heavy atom. The molecule has 0 bridgehead atoms. The Hall–Kier alpha value is -3.72. The minimum Gasteiger partial charge on any atom is -0.354 e. The number of hydrogen-bond donors (Lipinski definition) is 1. The fourth-order valence-corrected chi connectivity index (χ4v) is 5.90. The summed E-state index contributed by atoms with van der Waals surface area (Å²) in [6.07, 6.45) is 1.04. The van der Waals surface area contributed by atoms with E-state index >= 15 is 0 Å². The first-order chi connectivity index (χ1) is 19.0. The Morgan fingerprint density at radius 2 is 1.57 bits per heavy atom. The van der Waals surface area contributed by atoms with Gasteiger partial charge in [0.05, 0.1) is 10.6 Å². The molecule has 0 radical (unpaired) electrons.